The number of rotatable bonds is 3. The molecule has 0 saturated heterocycles. The van der Waals surface area contributed by atoms with E-state index in [2.05, 4.69) is 0 Å². The van der Waals surface area contributed by atoms with Crippen molar-refractivity contribution in [3.05, 3.63) is 0 Å². The Morgan fingerprint density at radius 2 is 2.00 bits per heavy atom. The number of hydrogen-bond acceptors (Lipinski definition) is 2. The van der Waals surface area contributed by atoms with Gasteiger partial charge in [0.25, 0.3) is 0 Å². The van der Waals surface area contributed by atoms with Crippen molar-refractivity contribution in [1.29, 1.82) is 0 Å². The van der Waals surface area contributed by atoms with Crippen molar-refractivity contribution in [1.82, 2.24) is 4.90 Å². The molecule has 0 aliphatic rings. The Morgan fingerprint density at radius 1 is 1.50 bits per heavy atom. The highest BCUT2D eigenvalue weighted by Gasteiger charge is 2.03. The summed E-state index contributed by atoms with van der Waals surface area (Å²) in [6.45, 7) is 4.91. The van der Waals surface area contributed by atoms with E-state index in [0.717, 1.165) is 13.0 Å². The first-order chi connectivity index (χ1) is 3.72. The molecule has 0 rings (SSSR count). The fraction of sp³-hybridized carbons (Fsp3) is 1.00. The molecule has 2 heteroatoms. The molecule has 0 fully saturated rings. The zero-order chi connectivity index (χ0) is 6.57. The third kappa shape index (κ3) is 2.28. The van der Waals surface area contributed by atoms with Gasteiger partial charge in [0.15, 0.2) is 0 Å². The van der Waals surface area contributed by atoms with Crippen LogP contribution >= 0.6 is 0 Å². The zero-order valence-electron chi connectivity index (χ0n) is 5.89. The molecular formula is C6H15NO. The topological polar surface area (TPSA) is 23.5 Å². The molecule has 0 radical (unpaired) electrons. The van der Waals surface area contributed by atoms with Gasteiger partial charge in [-0.05, 0) is 20.0 Å². The van der Waals surface area contributed by atoms with Gasteiger partial charge in [0.1, 0.15) is 6.23 Å². The van der Waals surface area contributed by atoms with Crippen molar-refractivity contribution >= 4 is 0 Å². The van der Waals surface area contributed by atoms with Crippen molar-refractivity contribution in [2.24, 2.45) is 0 Å². The normalized spacial score (nSPS) is 14.6. The molecule has 50 valence electrons. The first-order valence-corrected chi connectivity index (χ1v) is 3.10. The van der Waals surface area contributed by atoms with Gasteiger partial charge in [0, 0.05) is 0 Å². The third-order valence-corrected chi connectivity index (χ3v) is 1.37. The van der Waals surface area contributed by atoms with Crippen LogP contribution in [0.5, 0.6) is 0 Å². The van der Waals surface area contributed by atoms with Crippen molar-refractivity contribution in [2.75, 3.05) is 13.6 Å². The fourth-order valence-electron chi connectivity index (χ4n) is 0.522. The molecule has 0 saturated carbocycles. The van der Waals surface area contributed by atoms with Crippen LogP contribution in [0.2, 0.25) is 0 Å². The van der Waals surface area contributed by atoms with Gasteiger partial charge < -0.3 is 5.11 Å². The van der Waals surface area contributed by atoms with E-state index in [1.165, 1.54) is 0 Å². The standard InChI is InChI=1S/C6H15NO/c1-4-6(8)7(3)5-2/h6,8H,4-5H2,1-3H3. The van der Waals surface area contributed by atoms with Gasteiger partial charge >= 0.3 is 0 Å². The molecule has 0 aromatic heterocycles. The first kappa shape index (κ1) is 7.92. The third-order valence-electron chi connectivity index (χ3n) is 1.37. The van der Waals surface area contributed by atoms with Crippen molar-refractivity contribution in [3.63, 3.8) is 0 Å². The van der Waals surface area contributed by atoms with E-state index < -0.39 is 0 Å². The van der Waals surface area contributed by atoms with Crippen LogP contribution in [-0.4, -0.2) is 29.8 Å². The highest BCUT2D eigenvalue weighted by atomic mass is 16.3. The largest absolute Gasteiger partial charge is 0.378 e. The van der Waals surface area contributed by atoms with Crippen LogP contribution < -0.4 is 0 Å². The smallest absolute Gasteiger partial charge is 0.106 e. The molecule has 0 amide bonds. The molecule has 1 unspecified atom stereocenters. The van der Waals surface area contributed by atoms with E-state index in [1.807, 2.05) is 25.8 Å². The average Bonchev–Trinajstić information content (AvgIpc) is 1.84. The highest BCUT2D eigenvalue weighted by Crippen LogP contribution is 1.94. The van der Waals surface area contributed by atoms with Crippen LogP contribution in [0.3, 0.4) is 0 Å². The second-order valence-electron chi connectivity index (χ2n) is 1.96. The van der Waals surface area contributed by atoms with Crippen molar-refractivity contribution in [3.8, 4) is 0 Å². The maximum absolute atomic E-state index is 9.05. The SMILES string of the molecule is CCC(O)N(C)CC. The molecule has 0 aromatic carbocycles. The van der Waals surface area contributed by atoms with E-state index in [1.54, 1.807) is 0 Å². The number of hydrogen-bond donors (Lipinski definition) is 1. The predicted molar refractivity (Wildman–Crippen MR) is 34.6 cm³/mol. The Kier molecular flexibility index (Phi) is 3.83. The van der Waals surface area contributed by atoms with Gasteiger partial charge in [-0.15, -0.1) is 0 Å². The second kappa shape index (κ2) is 3.87. The first-order valence-electron chi connectivity index (χ1n) is 3.10. The zero-order valence-corrected chi connectivity index (χ0v) is 5.89. The molecule has 0 aliphatic heterocycles. The Bertz CT molecular complexity index is 48.5. The monoisotopic (exact) mass is 117 g/mol. The molecule has 1 atom stereocenters. The summed E-state index contributed by atoms with van der Waals surface area (Å²) in [6.07, 6.45) is 0.560. The Labute approximate surface area is 51.1 Å². The van der Waals surface area contributed by atoms with Crippen LogP contribution in [0, 0.1) is 0 Å². The lowest BCUT2D eigenvalue weighted by Crippen LogP contribution is -2.30. The quantitative estimate of drug-likeness (QED) is 0.549. The van der Waals surface area contributed by atoms with E-state index in [4.69, 9.17) is 5.11 Å². The van der Waals surface area contributed by atoms with Crippen LogP contribution in [0.15, 0.2) is 0 Å². The van der Waals surface area contributed by atoms with Gasteiger partial charge in [0.05, 0.1) is 0 Å². The summed E-state index contributed by atoms with van der Waals surface area (Å²) >= 11 is 0. The minimum atomic E-state index is -0.250. The Morgan fingerprint density at radius 3 is 2.12 bits per heavy atom. The van der Waals surface area contributed by atoms with Crippen LogP contribution in [0.25, 0.3) is 0 Å². The van der Waals surface area contributed by atoms with E-state index >= 15 is 0 Å². The molecule has 0 aliphatic carbocycles. The molecule has 1 N–H and O–H groups in total. The lowest BCUT2D eigenvalue weighted by Gasteiger charge is -2.19. The fourth-order valence-corrected chi connectivity index (χ4v) is 0.522. The summed E-state index contributed by atoms with van der Waals surface area (Å²) in [5.41, 5.74) is 0. The Hall–Kier alpha value is -0.0800. The predicted octanol–water partition coefficient (Wildman–Crippen LogP) is 0.667. The lowest BCUT2D eigenvalue weighted by molar-refractivity contribution is 0.0233. The van der Waals surface area contributed by atoms with Gasteiger partial charge in [-0.3, -0.25) is 4.90 Å². The number of aliphatic hydroxyl groups excluding tert-OH is 1. The van der Waals surface area contributed by atoms with E-state index in [-0.39, 0.29) is 6.23 Å². The molecular weight excluding hydrogens is 102 g/mol. The number of aliphatic hydroxyl groups is 1. The summed E-state index contributed by atoms with van der Waals surface area (Å²) in [7, 11) is 1.91. The summed E-state index contributed by atoms with van der Waals surface area (Å²) < 4.78 is 0. The Balaban J connectivity index is 3.29. The minimum absolute atomic E-state index is 0.250. The van der Waals surface area contributed by atoms with Crippen molar-refractivity contribution in [2.45, 2.75) is 26.5 Å². The highest BCUT2D eigenvalue weighted by molar-refractivity contribution is 4.49. The van der Waals surface area contributed by atoms with Gasteiger partial charge in [0.2, 0.25) is 0 Å². The molecule has 0 bridgehead atoms. The van der Waals surface area contributed by atoms with Gasteiger partial charge in [-0.1, -0.05) is 13.8 Å². The van der Waals surface area contributed by atoms with Crippen molar-refractivity contribution < 1.29 is 5.11 Å². The van der Waals surface area contributed by atoms with E-state index in [9.17, 15) is 0 Å². The number of nitrogens with zero attached hydrogens (tertiary/aromatic N) is 1. The minimum Gasteiger partial charge on any atom is -0.378 e. The maximum Gasteiger partial charge on any atom is 0.106 e. The summed E-state index contributed by atoms with van der Waals surface area (Å²) in [4.78, 5) is 1.90. The maximum atomic E-state index is 9.05. The molecule has 2 nitrogen and oxygen atoms in total. The average molecular weight is 117 g/mol. The molecule has 8 heavy (non-hydrogen) atoms. The van der Waals surface area contributed by atoms with Crippen LogP contribution in [-0.2, 0) is 0 Å². The molecule has 0 spiro atoms. The lowest BCUT2D eigenvalue weighted by atomic mass is 10.4. The van der Waals surface area contributed by atoms with Crippen LogP contribution in [0.4, 0.5) is 0 Å². The van der Waals surface area contributed by atoms with Gasteiger partial charge in [-0.25, -0.2) is 0 Å². The second-order valence-corrected chi connectivity index (χ2v) is 1.96. The summed E-state index contributed by atoms with van der Waals surface area (Å²) in [5.74, 6) is 0. The molecule has 0 aromatic rings. The summed E-state index contributed by atoms with van der Waals surface area (Å²) in [6, 6.07) is 0. The molecule has 0 heterocycles. The van der Waals surface area contributed by atoms with Gasteiger partial charge in [-0.2, -0.15) is 0 Å². The summed E-state index contributed by atoms with van der Waals surface area (Å²) in [5, 5.41) is 9.05. The van der Waals surface area contributed by atoms with Crippen LogP contribution in [0.1, 0.15) is 20.3 Å². The van der Waals surface area contributed by atoms with E-state index in [0.29, 0.717) is 0 Å².